The first-order valence-electron chi connectivity index (χ1n) is 11.9. The molecule has 3 aromatic carbocycles. The molecule has 0 spiro atoms. The molecule has 202 valence electrons. The van der Waals surface area contributed by atoms with Gasteiger partial charge in [-0.2, -0.15) is 0 Å². The molecule has 1 heterocycles. The third kappa shape index (κ3) is 6.87. The van der Waals surface area contributed by atoms with Gasteiger partial charge >= 0.3 is 5.97 Å². The Morgan fingerprint density at radius 1 is 0.949 bits per heavy atom. The summed E-state index contributed by atoms with van der Waals surface area (Å²) < 4.78 is 16.8. The van der Waals surface area contributed by atoms with Crippen molar-refractivity contribution in [2.45, 2.75) is 19.1 Å². The number of rotatable bonds is 10. The SMILES string of the molecule is COc1ccc([C@H](Cc2c(Cl)c[nH+]cc2Cl)OC(=O)c2ccc(CNc3cccc(O)c3Cl)cc2)cc1OC. The van der Waals surface area contributed by atoms with E-state index in [9.17, 15) is 9.90 Å². The van der Waals surface area contributed by atoms with Gasteiger partial charge in [0.25, 0.3) is 0 Å². The van der Waals surface area contributed by atoms with E-state index in [1.54, 1.807) is 62.0 Å². The Hall–Kier alpha value is -3.65. The monoisotopic (exact) mass is 587 g/mol. The molecule has 0 radical (unpaired) electrons. The fourth-order valence-electron chi connectivity index (χ4n) is 3.95. The number of pyridine rings is 1. The van der Waals surface area contributed by atoms with E-state index in [0.717, 1.165) is 5.56 Å². The number of phenols is 1. The highest BCUT2D eigenvalue weighted by atomic mass is 35.5. The molecular formula is C29H26Cl3N2O5+. The van der Waals surface area contributed by atoms with Crippen LogP contribution in [0, 0.1) is 0 Å². The van der Waals surface area contributed by atoms with E-state index in [4.69, 9.17) is 49.0 Å². The number of carbonyl (C=O) groups excluding carboxylic acids is 1. The van der Waals surface area contributed by atoms with Gasteiger partial charge in [0.05, 0.1) is 25.5 Å². The zero-order valence-electron chi connectivity index (χ0n) is 21.1. The maximum Gasteiger partial charge on any atom is 0.338 e. The van der Waals surface area contributed by atoms with Gasteiger partial charge in [0.15, 0.2) is 23.9 Å². The van der Waals surface area contributed by atoms with E-state index in [1.807, 2.05) is 12.1 Å². The standard InChI is InChI=1S/C29H25Cl3N2O5/c1-37-25-11-10-19(12-27(25)38-2)26(13-20-21(30)15-33-16-22(20)31)39-29(36)18-8-6-17(7-9-18)14-34-23-4-3-5-24(35)28(23)32/h3-12,15-16,26,34-35H,13-14H2,1-2H3/p+1/t26-/m0/s1. The van der Waals surface area contributed by atoms with Gasteiger partial charge in [-0.1, -0.05) is 59.1 Å². The summed E-state index contributed by atoms with van der Waals surface area (Å²) in [6, 6.07) is 17.3. The molecule has 7 nitrogen and oxygen atoms in total. The van der Waals surface area contributed by atoms with Crippen LogP contribution in [0.1, 0.15) is 33.2 Å². The van der Waals surface area contributed by atoms with Crippen LogP contribution < -0.4 is 19.8 Å². The molecule has 4 aromatic rings. The first kappa shape index (κ1) is 28.4. The Balaban J connectivity index is 1.54. The van der Waals surface area contributed by atoms with Crippen LogP contribution in [-0.2, 0) is 17.7 Å². The highest BCUT2D eigenvalue weighted by Crippen LogP contribution is 2.35. The number of aromatic nitrogens is 1. The van der Waals surface area contributed by atoms with Crippen LogP contribution in [0.15, 0.2) is 73.1 Å². The zero-order valence-corrected chi connectivity index (χ0v) is 23.4. The Labute approximate surface area is 241 Å². The number of benzene rings is 3. The van der Waals surface area contributed by atoms with Crippen molar-refractivity contribution >= 4 is 46.5 Å². The molecule has 0 aliphatic heterocycles. The van der Waals surface area contributed by atoms with Crippen molar-refractivity contribution < 1.29 is 29.1 Å². The predicted molar refractivity (Wildman–Crippen MR) is 151 cm³/mol. The summed E-state index contributed by atoms with van der Waals surface area (Å²) >= 11 is 18.9. The van der Waals surface area contributed by atoms with E-state index in [-0.39, 0.29) is 17.2 Å². The second-order valence-corrected chi connectivity index (χ2v) is 9.72. The lowest BCUT2D eigenvalue weighted by Crippen LogP contribution is -2.16. The van der Waals surface area contributed by atoms with E-state index < -0.39 is 12.1 Å². The van der Waals surface area contributed by atoms with Crippen LogP contribution >= 0.6 is 34.8 Å². The molecular weight excluding hydrogens is 563 g/mol. The number of carbonyl (C=O) groups is 1. The van der Waals surface area contributed by atoms with Crippen LogP contribution in [-0.4, -0.2) is 25.3 Å². The molecule has 3 N–H and O–H groups in total. The van der Waals surface area contributed by atoms with E-state index in [2.05, 4.69) is 10.3 Å². The predicted octanol–water partition coefficient (Wildman–Crippen LogP) is 6.94. The van der Waals surface area contributed by atoms with Gasteiger partial charge in [-0.25, -0.2) is 9.78 Å². The third-order valence-corrected chi connectivity index (χ3v) is 7.14. The van der Waals surface area contributed by atoms with Gasteiger partial charge < -0.3 is 24.6 Å². The maximum absolute atomic E-state index is 13.2. The lowest BCUT2D eigenvalue weighted by atomic mass is 10.0. The molecule has 0 fully saturated rings. The molecule has 0 unspecified atom stereocenters. The largest absolute Gasteiger partial charge is 0.506 e. The molecule has 4 rings (SSSR count). The quantitative estimate of drug-likeness (QED) is 0.195. The average Bonchev–Trinajstić information content (AvgIpc) is 2.95. The molecule has 0 aliphatic carbocycles. The number of hydrogen-bond acceptors (Lipinski definition) is 6. The van der Waals surface area contributed by atoms with E-state index in [1.165, 1.54) is 13.2 Å². The Morgan fingerprint density at radius 2 is 1.64 bits per heavy atom. The van der Waals surface area contributed by atoms with Crippen LogP contribution in [0.5, 0.6) is 17.2 Å². The smallest absolute Gasteiger partial charge is 0.338 e. The molecule has 39 heavy (non-hydrogen) atoms. The number of phenolic OH excluding ortho intramolecular Hbond substituents is 1. The zero-order chi connectivity index (χ0) is 27.9. The minimum Gasteiger partial charge on any atom is -0.506 e. The highest BCUT2D eigenvalue weighted by molar-refractivity contribution is 6.35. The number of anilines is 1. The van der Waals surface area contributed by atoms with Crippen LogP contribution in [0.2, 0.25) is 15.1 Å². The van der Waals surface area contributed by atoms with Crippen molar-refractivity contribution in [1.29, 1.82) is 0 Å². The fraction of sp³-hybridized carbons (Fsp3) is 0.172. The number of halogens is 3. The molecule has 0 saturated carbocycles. The van der Waals surface area contributed by atoms with Crippen molar-refractivity contribution in [3.63, 3.8) is 0 Å². The lowest BCUT2D eigenvalue weighted by molar-refractivity contribution is -0.377. The second kappa shape index (κ2) is 12.9. The molecule has 0 amide bonds. The normalized spacial score (nSPS) is 11.5. The minimum absolute atomic E-state index is 0.00000316. The maximum atomic E-state index is 13.2. The minimum atomic E-state index is -0.719. The number of hydrogen-bond donors (Lipinski definition) is 2. The van der Waals surface area contributed by atoms with Gasteiger partial charge in [-0.15, -0.1) is 0 Å². The van der Waals surface area contributed by atoms with E-state index >= 15 is 0 Å². The number of aromatic amines is 1. The summed E-state index contributed by atoms with van der Waals surface area (Å²) in [4.78, 5) is 16.1. The lowest BCUT2D eigenvalue weighted by Gasteiger charge is -2.20. The molecule has 0 aliphatic rings. The number of aromatic hydroxyl groups is 1. The number of ether oxygens (including phenoxy) is 3. The first-order chi connectivity index (χ1) is 18.8. The molecule has 0 saturated heterocycles. The summed E-state index contributed by atoms with van der Waals surface area (Å²) in [7, 11) is 3.08. The highest BCUT2D eigenvalue weighted by Gasteiger charge is 2.24. The van der Waals surface area contributed by atoms with E-state index in [0.29, 0.717) is 50.5 Å². The third-order valence-electron chi connectivity index (χ3n) is 6.07. The molecule has 1 atom stereocenters. The molecule has 10 heteroatoms. The van der Waals surface area contributed by atoms with Crippen molar-refractivity contribution in [1.82, 2.24) is 0 Å². The van der Waals surface area contributed by atoms with Crippen LogP contribution in [0.4, 0.5) is 5.69 Å². The van der Waals surface area contributed by atoms with Crippen molar-refractivity contribution in [3.8, 4) is 17.2 Å². The van der Waals surface area contributed by atoms with Gasteiger partial charge in [0, 0.05) is 18.5 Å². The Morgan fingerprint density at radius 3 is 2.31 bits per heavy atom. The first-order valence-corrected chi connectivity index (χ1v) is 13.0. The summed E-state index contributed by atoms with van der Waals surface area (Å²) in [5, 5.41) is 14.0. The van der Waals surface area contributed by atoms with Crippen LogP contribution in [0.25, 0.3) is 0 Å². The van der Waals surface area contributed by atoms with Crippen molar-refractivity contribution in [3.05, 3.63) is 110 Å². The molecule has 0 bridgehead atoms. The van der Waals surface area contributed by atoms with Gasteiger partial charge in [0.2, 0.25) is 0 Å². The van der Waals surface area contributed by atoms with Gasteiger partial charge in [0.1, 0.15) is 26.9 Å². The summed E-state index contributed by atoms with van der Waals surface area (Å²) in [5.41, 5.74) is 3.20. The number of esters is 1. The number of nitrogens with one attached hydrogen (secondary N) is 2. The fourth-order valence-corrected chi connectivity index (χ4v) is 4.67. The van der Waals surface area contributed by atoms with Crippen molar-refractivity contribution in [2.75, 3.05) is 19.5 Å². The molecule has 1 aromatic heterocycles. The summed E-state index contributed by atoms with van der Waals surface area (Å²) in [6.45, 7) is 0.439. The van der Waals surface area contributed by atoms with Gasteiger partial charge in [-0.05, 0) is 47.5 Å². The van der Waals surface area contributed by atoms with Gasteiger partial charge in [-0.3, -0.25) is 0 Å². The average molecular weight is 589 g/mol. The summed E-state index contributed by atoms with van der Waals surface area (Å²) in [5.74, 6) is 0.534. The summed E-state index contributed by atoms with van der Waals surface area (Å²) in [6.07, 6.45) is 2.75. The number of methoxy groups -OCH3 is 2. The Bertz CT molecular complexity index is 1440. The van der Waals surface area contributed by atoms with Crippen molar-refractivity contribution in [2.24, 2.45) is 0 Å². The van der Waals surface area contributed by atoms with Crippen LogP contribution in [0.3, 0.4) is 0 Å². The second-order valence-electron chi connectivity index (χ2n) is 8.53. The Kier molecular flexibility index (Phi) is 9.41. The topological polar surface area (TPSA) is 91.2 Å². The number of H-pyrrole nitrogens is 1.